The van der Waals surface area contributed by atoms with Crippen molar-refractivity contribution in [2.24, 2.45) is 5.92 Å². The summed E-state index contributed by atoms with van der Waals surface area (Å²) in [5, 5.41) is 7.69. The lowest BCUT2D eigenvalue weighted by atomic mass is 9.90. The van der Waals surface area contributed by atoms with Gasteiger partial charge >= 0.3 is 0 Å². The number of amides is 1. The zero-order chi connectivity index (χ0) is 22.3. The Morgan fingerprint density at radius 1 is 1.29 bits per heavy atom. The second kappa shape index (κ2) is 8.27. The van der Waals surface area contributed by atoms with E-state index in [1.54, 1.807) is 16.8 Å². The second-order valence-corrected chi connectivity index (χ2v) is 8.53. The molecule has 2 aromatic heterocycles. The van der Waals surface area contributed by atoms with Gasteiger partial charge in [0.15, 0.2) is 0 Å². The molecule has 7 heteroatoms. The van der Waals surface area contributed by atoms with Gasteiger partial charge in [0.25, 0.3) is 5.91 Å². The Morgan fingerprint density at radius 2 is 2.06 bits per heavy atom. The van der Waals surface area contributed by atoms with Gasteiger partial charge in [-0.1, -0.05) is 30.7 Å². The minimum atomic E-state index is -0.452. The van der Waals surface area contributed by atoms with E-state index in [2.05, 4.69) is 28.4 Å². The van der Waals surface area contributed by atoms with Crippen molar-refractivity contribution >= 4 is 29.3 Å². The zero-order valence-electron chi connectivity index (χ0n) is 18.0. The quantitative estimate of drug-likeness (QED) is 0.585. The number of aromatic nitrogens is 3. The van der Waals surface area contributed by atoms with E-state index >= 15 is 0 Å². The molecule has 0 saturated heterocycles. The normalized spacial score (nSPS) is 15.1. The first-order valence-corrected chi connectivity index (χ1v) is 10.6. The van der Waals surface area contributed by atoms with E-state index in [1.165, 1.54) is 6.07 Å². The maximum atomic E-state index is 13.5. The van der Waals surface area contributed by atoms with Crippen molar-refractivity contribution in [3.63, 3.8) is 0 Å². The van der Waals surface area contributed by atoms with E-state index in [0.29, 0.717) is 29.4 Å². The fraction of sp³-hybridized carbons (Fsp3) is 0.292. The van der Waals surface area contributed by atoms with Crippen LogP contribution in [0.4, 0.5) is 10.1 Å². The Kier molecular flexibility index (Phi) is 5.67. The molecular formula is C24H24ClFN4O. The number of carbonyl (C=O) groups excluding carboxylic acids is 1. The molecule has 1 aliphatic carbocycles. The third-order valence-corrected chi connectivity index (χ3v) is 5.86. The lowest BCUT2D eigenvalue weighted by Crippen LogP contribution is -2.19. The van der Waals surface area contributed by atoms with Crippen molar-refractivity contribution in [1.29, 1.82) is 0 Å². The molecule has 3 aromatic rings. The number of allylic oxidation sites excluding steroid dienone is 1. The number of fused-ring (bicyclic) bond motifs is 1. The van der Waals surface area contributed by atoms with Gasteiger partial charge in [-0.3, -0.25) is 14.5 Å². The van der Waals surface area contributed by atoms with Crippen molar-refractivity contribution in [1.82, 2.24) is 14.8 Å². The van der Waals surface area contributed by atoms with Crippen LogP contribution in [0.5, 0.6) is 0 Å². The molecular weight excluding hydrogens is 415 g/mol. The standard InChI is InChI=1S/C24H24ClFN4O/c1-13-5-8-22-18(9-13)19(10-14(2)27-22)24(31)28-23-15(3)29-30(16(23)4)12-17-6-7-21(26)20(25)11-17/h5-8,10-11,13H,9,12H2,1-4H3,(H,28,31). The summed E-state index contributed by atoms with van der Waals surface area (Å²) >= 11 is 5.90. The Hall–Kier alpha value is -2.99. The summed E-state index contributed by atoms with van der Waals surface area (Å²) in [6.07, 6.45) is 4.90. The molecule has 1 aliphatic rings. The summed E-state index contributed by atoms with van der Waals surface area (Å²) in [6.45, 7) is 8.20. The number of benzene rings is 1. The number of anilines is 1. The maximum Gasteiger partial charge on any atom is 0.256 e. The van der Waals surface area contributed by atoms with Crippen LogP contribution in [-0.2, 0) is 13.0 Å². The lowest BCUT2D eigenvalue weighted by Gasteiger charge is -2.19. The SMILES string of the molecule is Cc1cc(C(=O)Nc2c(C)nn(Cc3ccc(F)c(Cl)c3)c2C)c2c(n1)C=CC(C)C2. The van der Waals surface area contributed by atoms with Crippen molar-refractivity contribution in [2.75, 3.05) is 5.32 Å². The highest BCUT2D eigenvalue weighted by Crippen LogP contribution is 2.28. The summed E-state index contributed by atoms with van der Waals surface area (Å²) in [5.74, 6) is -0.260. The number of carbonyl (C=O) groups is 1. The molecule has 1 atom stereocenters. The summed E-state index contributed by atoms with van der Waals surface area (Å²) < 4.78 is 15.2. The highest BCUT2D eigenvalue weighted by atomic mass is 35.5. The van der Waals surface area contributed by atoms with E-state index in [1.807, 2.05) is 32.9 Å². The fourth-order valence-electron chi connectivity index (χ4n) is 3.95. The van der Waals surface area contributed by atoms with Gasteiger partial charge in [0, 0.05) is 11.3 Å². The minimum absolute atomic E-state index is 0.0775. The molecule has 1 unspecified atom stereocenters. The zero-order valence-corrected chi connectivity index (χ0v) is 18.7. The molecule has 1 amide bonds. The largest absolute Gasteiger partial charge is 0.319 e. The van der Waals surface area contributed by atoms with Crippen molar-refractivity contribution < 1.29 is 9.18 Å². The van der Waals surface area contributed by atoms with Crippen molar-refractivity contribution in [3.05, 3.63) is 80.6 Å². The molecule has 1 aromatic carbocycles. The minimum Gasteiger partial charge on any atom is -0.319 e. The molecule has 160 valence electrons. The molecule has 5 nitrogen and oxygen atoms in total. The predicted molar refractivity (Wildman–Crippen MR) is 121 cm³/mol. The smallest absolute Gasteiger partial charge is 0.256 e. The fourth-order valence-corrected chi connectivity index (χ4v) is 4.15. The molecule has 31 heavy (non-hydrogen) atoms. The number of aryl methyl sites for hydroxylation is 2. The Balaban J connectivity index is 1.62. The number of nitrogens with zero attached hydrogens (tertiary/aromatic N) is 3. The average molecular weight is 439 g/mol. The van der Waals surface area contributed by atoms with Crippen LogP contribution in [0.1, 0.15) is 51.2 Å². The summed E-state index contributed by atoms with van der Waals surface area (Å²) in [6, 6.07) is 6.45. The molecule has 0 radical (unpaired) electrons. The molecule has 0 fully saturated rings. The van der Waals surface area contributed by atoms with E-state index < -0.39 is 5.82 Å². The number of pyridine rings is 1. The van der Waals surface area contributed by atoms with Gasteiger partial charge in [0.2, 0.25) is 0 Å². The average Bonchev–Trinajstić information content (AvgIpc) is 2.97. The van der Waals surface area contributed by atoms with Crippen LogP contribution >= 0.6 is 11.6 Å². The van der Waals surface area contributed by atoms with Crippen LogP contribution in [0.3, 0.4) is 0 Å². The first-order chi connectivity index (χ1) is 14.7. The van der Waals surface area contributed by atoms with Crippen molar-refractivity contribution in [3.8, 4) is 0 Å². The van der Waals surface area contributed by atoms with E-state index in [4.69, 9.17) is 11.6 Å². The van der Waals surface area contributed by atoms with Gasteiger partial charge < -0.3 is 5.32 Å². The van der Waals surface area contributed by atoms with Gasteiger partial charge in [-0.15, -0.1) is 0 Å². The van der Waals surface area contributed by atoms with Crippen molar-refractivity contribution in [2.45, 2.75) is 40.7 Å². The van der Waals surface area contributed by atoms with Gasteiger partial charge in [0.05, 0.1) is 34.3 Å². The molecule has 4 rings (SSSR count). The first kappa shape index (κ1) is 21.2. The molecule has 0 aliphatic heterocycles. The highest BCUT2D eigenvalue weighted by Gasteiger charge is 2.22. The van der Waals surface area contributed by atoms with Crippen LogP contribution in [0.15, 0.2) is 30.3 Å². The van der Waals surface area contributed by atoms with Crippen LogP contribution in [0.25, 0.3) is 6.08 Å². The number of halogens is 2. The van der Waals surface area contributed by atoms with Gasteiger partial charge in [-0.2, -0.15) is 5.10 Å². The number of hydrogen-bond acceptors (Lipinski definition) is 3. The molecule has 0 spiro atoms. The predicted octanol–water partition coefficient (Wildman–Crippen LogP) is 5.50. The molecule has 0 saturated carbocycles. The van der Waals surface area contributed by atoms with Crippen LogP contribution in [0, 0.1) is 32.5 Å². The van der Waals surface area contributed by atoms with Gasteiger partial charge in [-0.25, -0.2) is 4.39 Å². The van der Waals surface area contributed by atoms with E-state index in [9.17, 15) is 9.18 Å². The van der Waals surface area contributed by atoms with Crippen LogP contribution in [-0.4, -0.2) is 20.7 Å². The van der Waals surface area contributed by atoms with Crippen LogP contribution < -0.4 is 5.32 Å². The third-order valence-electron chi connectivity index (χ3n) is 5.57. The number of nitrogens with one attached hydrogen (secondary N) is 1. The molecule has 0 bridgehead atoms. The third kappa shape index (κ3) is 4.26. The van der Waals surface area contributed by atoms with Gasteiger partial charge in [0.1, 0.15) is 5.82 Å². The monoisotopic (exact) mass is 438 g/mol. The van der Waals surface area contributed by atoms with Gasteiger partial charge in [-0.05, 0) is 68.5 Å². The summed E-state index contributed by atoms with van der Waals surface area (Å²) in [4.78, 5) is 17.8. The topological polar surface area (TPSA) is 59.8 Å². The first-order valence-electron chi connectivity index (χ1n) is 10.2. The molecule has 1 N–H and O–H groups in total. The molecule has 2 heterocycles. The highest BCUT2D eigenvalue weighted by molar-refractivity contribution is 6.30. The Morgan fingerprint density at radius 3 is 2.81 bits per heavy atom. The Labute approximate surface area is 186 Å². The van der Waals surface area contributed by atoms with E-state index in [-0.39, 0.29) is 10.9 Å². The number of rotatable bonds is 4. The van der Waals surface area contributed by atoms with Crippen LogP contribution in [0.2, 0.25) is 5.02 Å². The van der Waals surface area contributed by atoms with E-state index in [0.717, 1.165) is 34.6 Å². The number of hydrogen-bond donors (Lipinski definition) is 1. The lowest BCUT2D eigenvalue weighted by molar-refractivity contribution is 0.102. The summed E-state index contributed by atoms with van der Waals surface area (Å²) in [5.41, 5.74) is 6.33. The second-order valence-electron chi connectivity index (χ2n) is 8.12. The summed E-state index contributed by atoms with van der Waals surface area (Å²) in [7, 11) is 0. The maximum absolute atomic E-state index is 13.5. The Bertz CT molecular complexity index is 1210.